The number of nitrogens with one attached hydrogen (secondary N) is 1. The van der Waals surface area contributed by atoms with E-state index in [2.05, 4.69) is 45.7 Å². The van der Waals surface area contributed by atoms with Crippen molar-refractivity contribution in [1.82, 2.24) is 20.1 Å². The van der Waals surface area contributed by atoms with Crippen LogP contribution in [0.2, 0.25) is 0 Å². The number of amides is 1. The zero-order chi connectivity index (χ0) is 20.9. The Bertz CT molecular complexity index is 1150. The summed E-state index contributed by atoms with van der Waals surface area (Å²) in [4.78, 5) is 17.0. The standard InChI is InChI=1S/C25H24N4O/c1-18-8-13-23(19(2)28-18)25(30)26-16-22-6-3-4-7-24(22)21-11-9-20(10-12-21)17-29-15-5-14-27-29/h3-15H,16-17H2,1-2H3,(H,26,30). The van der Waals surface area contributed by atoms with Crippen molar-refractivity contribution in [2.24, 2.45) is 0 Å². The van der Waals surface area contributed by atoms with Crippen molar-refractivity contribution in [3.8, 4) is 11.1 Å². The van der Waals surface area contributed by atoms with Crippen LogP contribution in [0.15, 0.2) is 79.1 Å². The predicted molar refractivity (Wildman–Crippen MR) is 118 cm³/mol. The number of benzene rings is 2. The summed E-state index contributed by atoms with van der Waals surface area (Å²) in [6.07, 6.45) is 3.74. The molecule has 0 saturated carbocycles. The molecule has 4 aromatic rings. The molecule has 0 radical (unpaired) electrons. The number of carbonyl (C=O) groups is 1. The molecule has 0 aliphatic heterocycles. The Balaban J connectivity index is 1.49. The Labute approximate surface area is 176 Å². The van der Waals surface area contributed by atoms with Gasteiger partial charge in [-0.05, 0) is 54.3 Å². The summed E-state index contributed by atoms with van der Waals surface area (Å²) in [6.45, 7) is 4.98. The summed E-state index contributed by atoms with van der Waals surface area (Å²) >= 11 is 0. The smallest absolute Gasteiger partial charge is 0.253 e. The predicted octanol–water partition coefficient (Wildman–Crippen LogP) is 4.54. The minimum Gasteiger partial charge on any atom is -0.348 e. The number of nitrogens with zero attached hydrogens (tertiary/aromatic N) is 3. The average Bonchev–Trinajstić information content (AvgIpc) is 3.26. The minimum absolute atomic E-state index is 0.107. The van der Waals surface area contributed by atoms with Gasteiger partial charge in [-0.1, -0.05) is 48.5 Å². The van der Waals surface area contributed by atoms with Crippen molar-refractivity contribution >= 4 is 5.91 Å². The molecule has 4 rings (SSSR count). The molecule has 30 heavy (non-hydrogen) atoms. The second-order valence-electron chi connectivity index (χ2n) is 7.33. The number of carbonyl (C=O) groups excluding carboxylic acids is 1. The van der Waals surface area contributed by atoms with Crippen LogP contribution in [0.25, 0.3) is 11.1 Å². The molecule has 0 unspecified atom stereocenters. The molecule has 2 aromatic heterocycles. The van der Waals surface area contributed by atoms with Crippen LogP contribution >= 0.6 is 0 Å². The summed E-state index contributed by atoms with van der Waals surface area (Å²) in [5.74, 6) is -0.107. The van der Waals surface area contributed by atoms with E-state index in [9.17, 15) is 4.79 Å². The van der Waals surface area contributed by atoms with Gasteiger partial charge in [0.1, 0.15) is 0 Å². The number of pyridine rings is 1. The molecular weight excluding hydrogens is 372 g/mol. The maximum atomic E-state index is 12.6. The van der Waals surface area contributed by atoms with Gasteiger partial charge in [0.15, 0.2) is 0 Å². The summed E-state index contributed by atoms with van der Waals surface area (Å²) in [6, 6.07) is 22.2. The molecule has 0 bridgehead atoms. The van der Waals surface area contributed by atoms with Gasteiger partial charge in [-0.2, -0.15) is 5.10 Å². The third-order valence-electron chi connectivity index (χ3n) is 5.10. The molecule has 5 heteroatoms. The highest BCUT2D eigenvalue weighted by Gasteiger charge is 2.11. The first-order valence-electron chi connectivity index (χ1n) is 9.97. The Morgan fingerprint density at radius 1 is 0.967 bits per heavy atom. The molecular formula is C25H24N4O. The highest BCUT2D eigenvalue weighted by Crippen LogP contribution is 2.24. The van der Waals surface area contributed by atoms with Gasteiger partial charge in [-0.25, -0.2) is 0 Å². The summed E-state index contributed by atoms with van der Waals surface area (Å²) < 4.78 is 1.90. The fraction of sp³-hybridized carbons (Fsp3) is 0.160. The largest absolute Gasteiger partial charge is 0.348 e. The molecule has 0 fully saturated rings. The number of aromatic nitrogens is 3. The number of rotatable bonds is 6. The van der Waals surface area contributed by atoms with E-state index in [0.717, 1.165) is 34.6 Å². The third-order valence-corrected chi connectivity index (χ3v) is 5.10. The molecule has 2 heterocycles. The van der Waals surface area contributed by atoms with E-state index in [0.29, 0.717) is 12.1 Å². The molecule has 0 saturated heterocycles. The maximum absolute atomic E-state index is 12.6. The summed E-state index contributed by atoms with van der Waals surface area (Å²) in [5, 5.41) is 7.29. The normalized spacial score (nSPS) is 10.7. The Kier molecular flexibility index (Phi) is 5.70. The molecule has 0 aliphatic rings. The fourth-order valence-electron chi connectivity index (χ4n) is 3.52. The first-order valence-corrected chi connectivity index (χ1v) is 9.97. The van der Waals surface area contributed by atoms with Crippen LogP contribution in [-0.4, -0.2) is 20.7 Å². The number of aryl methyl sites for hydroxylation is 2. The maximum Gasteiger partial charge on any atom is 0.253 e. The average molecular weight is 396 g/mol. The topological polar surface area (TPSA) is 59.8 Å². The van der Waals surface area contributed by atoms with Crippen molar-refractivity contribution in [1.29, 1.82) is 0 Å². The first-order chi connectivity index (χ1) is 14.6. The van der Waals surface area contributed by atoms with Crippen LogP contribution in [0.3, 0.4) is 0 Å². The highest BCUT2D eigenvalue weighted by atomic mass is 16.1. The van der Waals surface area contributed by atoms with Crippen molar-refractivity contribution in [2.75, 3.05) is 0 Å². The van der Waals surface area contributed by atoms with E-state index in [1.807, 2.05) is 61.1 Å². The van der Waals surface area contributed by atoms with Gasteiger partial charge in [0.2, 0.25) is 0 Å². The van der Waals surface area contributed by atoms with E-state index in [4.69, 9.17) is 0 Å². The number of hydrogen-bond donors (Lipinski definition) is 1. The van der Waals surface area contributed by atoms with Crippen molar-refractivity contribution in [2.45, 2.75) is 26.9 Å². The van der Waals surface area contributed by atoms with Gasteiger partial charge < -0.3 is 5.32 Å². The van der Waals surface area contributed by atoms with Crippen LogP contribution in [0.4, 0.5) is 0 Å². The molecule has 1 N–H and O–H groups in total. The Hall–Kier alpha value is -3.73. The van der Waals surface area contributed by atoms with Gasteiger partial charge in [0.05, 0.1) is 17.8 Å². The zero-order valence-corrected chi connectivity index (χ0v) is 17.2. The van der Waals surface area contributed by atoms with Crippen LogP contribution in [0.5, 0.6) is 0 Å². The quantitative estimate of drug-likeness (QED) is 0.520. The van der Waals surface area contributed by atoms with Gasteiger partial charge >= 0.3 is 0 Å². The third kappa shape index (κ3) is 4.46. The molecule has 0 aliphatic carbocycles. The lowest BCUT2D eigenvalue weighted by atomic mass is 9.98. The second kappa shape index (κ2) is 8.74. The molecule has 0 atom stereocenters. The van der Waals surface area contributed by atoms with Gasteiger partial charge in [0, 0.05) is 24.6 Å². The lowest BCUT2D eigenvalue weighted by Gasteiger charge is -2.12. The molecule has 150 valence electrons. The molecule has 5 nitrogen and oxygen atoms in total. The lowest BCUT2D eigenvalue weighted by Crippen LogP contribution is -2.24. The second-order valence-corrected chi connectivity index (χ2v) is 7.33. The van der Waals surface area contributed by atoms with Crippen LogP contribution in [0.1, 0.15) is 32.9 Å². The Morgan fingerprint density at radius 3 is 2.50 bits per heavy atom. The van der Waals surface area contributed by atoms with Crippen LogP contribution < -0.4 is 5.32 Å². The van der Waals surface area contributed by atoms with Crippen LogP contribution in [0, 0.1) is 13.8 Å². The first kappa shape index (κ1) is 19.6. The van der Waals surface area contributed by atoms with Gasteiger partial charge in [0.25, 0.3) is 5.91 Å². The Morgan fingerprint density at radius 2 is 1.77 bits per heavy atom. The molecule has 0 spiro atoms. The van der Waals surface area contributed by atoms with Gasteiger partial charge in [-0.3, -0.25) is 14.5 Å². The minimum atomic E-state index is -0.107. The highest BCUT2D eigenvalue weighted by molar-refractivity contribution is 5.95. The number of hydrogen-bond acceptors (Lipinski definition) is 3. The SMILES string of the molecule is Cc1ccc(C(=O)NCc2ccccc2-c2ccc(Cn3cccn3)cc2)c(C)n1. The van der Waals surface area contributed by atoms with E-state index in [1.54, 1.807) is 6.20 Å². The van der Waals surface area contributed by atoms with Crippen LogP contribution in [-0.2, 0) is 13.1 Å². The van der Waals surface area contributed by atoms with E-state index in [-0.39, 0.29) is 5.91 Å². The zero-order valence-electron chi connectivity index (χ0n) is 17.2. The summed E-state index contributed by atoms with van der Waals surface area (Å²) in [5.41, 5.74) is 6.76. The molecule has 1 amide bonds. The van der Waals surface area contributed by atoms with Crippen molar-refractivity contribution < 1.29 is 4.79 Å². The lowest BCUT2D eigenvalue weighted by molar-refractivity contribution is 0.0950. The van der Waals surface area contributed by atoms with Crippen molar-refractivity contribution in [3.05, 3.63) is 107 Å². The van der Waals surface area contributed by atoms with E-state index >= 15 is 0 Å². The van der Waals surface area contributed by atoms with E-state index < -0.39 is 0 Å². The summed E-state index contributed by atoms with van der Waals surface area (Å²) in [7, 11) is 0. The van der Waals surface area contributed by atoms with Gasteiger partial charge in [-0.15, -0.1) is 0 Å². The fourth-order valence-corrected chi connectivity index (χ4v) is 3.52. The van der Waals surface area contributed by atoms with Crippen molar-refractivity contribution in [3.63, 3.8) is 0 Å². The van der Waals surface area contributed by atoms with E-state index in [1.165, 1.54) is 5.56 Å². The molecule has 2 aromatic carbocycles. The monoisotopic (exact) mass is 396 g/mol.